The van der Waals surface area contributed by atoms with Crippen molar-refractivity contribution < 1.29 is 4.79 Å². The topological polar surface area (TPSA) is 23.6 Å². The van der Waals surface area contributed by atoms with Crippen LogP contribution in [0.3, 0.4) is 0 Å². The average molecular weight is 314 g/mol. The first-order valence-corrected chi connectivity index (χ1v) is 8.67. The van der Waals surface area contributed by atoms with Gasteiger partial charge in [-0.1, -0.05) is 30.3 Å². The van der Waals surface area contributed by atoms with E-state index in [2.05, 4.69) is 41.5 Å². The summed E-state index contributed by atoms with van der Waals surface area (Å²) in [7, 11) is 0. The van der Waals surface area contributed by atoms with Crippen LogP contribution in [0, 0.1) is 6.92 Å². The van der Waals surface area contributed by atoms with Crippen LogP contribution in [0.25, 0.3) is 0 Å². The fraction of sp³-hybridized carbons (Fsp3) is 0.389. The largest absolute Gasteiger partial charge is 0.337 e. The van der Waals surface area contributed by atoms with Gasteiger partial charge in [0.2, 0.25) is 5.91 Å². The normalized spacial score (nSPS) is 16.8. The quantitative estimate of drug-likeness (QED) is 0.864. The minimum Gasteiger partial charge on any atom is -0.337 e. The molecule has 2 heterocycles. The van der Waals surface area contributed by atoms with Gasteiger partial charge in [-0.3, -0.25) is 9.69 Å². The molecular weight excluding hydrogens is 292 g/mol. The number of amides is 1. The Hall–Kier alpha value is -1.65. The predicted molar refractivity (Wildman–Crippen MR) is 90.8 cm³/mol. The van der Waals surface area contributed by atoms with E-state index in [1.807, 2.05) is 17.0 Å². The molecule has 1 aromatic heterocycles. The highest BCUT2D eigenvalue weighted by Crippen LogP contribution is 2.16. The number of aryl methyl sites for hydroxylation is 1. The van der Waals surface area contributed by atoms with Crippen molar-refractivity contribution in [3.05, 3.63) is 57.8 Å². The molecule has 3 rings (SSSR count). The van der Waals surface area contributed by atoms with E-state index in [9.17, 15) is 4.79 Å². The standard InChI is InChI=1S/C18H22N2OS/c1-15-5-2-3-6-16(15)13-20-11-10-19(9-8-18(20)21)14-17-7-4-12-22-17/h2-7,12H,8-11,13-14H2,1H3. The second-order valence-electron chi connectivity index (χ2n) is 5.85. The summed E-state index contributed by atoms with van der Waals surface area (Å²) < 4.78 is 0. The molecular formula is C18H22N2OS. The molecule has 0 saturated carbocycles. The minimum atomic E-state index is 0.275. The number of benzene rings is 1. The van der Waals surface area contributed by atoms with Crippen LogP contribution in [0.2, 0.25) is 0 Å². The van der Waals surface area contributed by atoms with Crippen LogP contribution in [-0.2, 0) is 17.9 Å². The number of rotatable bonds is 4. The van der Waals surface area contributed by atoms with E-state index in [1.54, 1.807) is 11.3 Å². The SMILES string of the molecule is Cc1ccccc1CN1CCN(Cc2cccs2)CCC1=O. The van der Waals surface area contributed by atoms with E-state index in [0.29, 0.717) is 6.42 Å². The molecule has 0 radical (unpaired) electrons. The Morgan fingerprint density at radius 2 is 1.91 bits per heavy atom. The first kappa shape index (κ1) is 15.3. The van der Waals surface area contributed by atoms with Crippen LogP contribution in [0.1, 0.15) is 22.4 Å². The molecule has 0 bridgehead atoms. The summed E-state index contributed by atoms with van der Waals surface area (Å²) >= 11 is 1.79. The van der Waals surface area contributed by atoms with E-state index < -0.39 is 0 Å². The van der Waals surface area contributed by atoms with E-state index in [4.69, 9.17) is 0 Å². The fourth-order valence-corrected chi connectivity index (χ4v) is 3.60. The number of carbonyl (C=O) groups is 1. The van der Waals surface area contributed by atoms with Crippen molar-refractivity contribution >= 4 is 17.2 Å². The zero-order chi connectivity index (χ0) is 15.4. The maximum Gasteiger partial charge on any atom is 0.224 e. The van der Waals surface area contributed by atoms with Crippen LogP contribution in [0.15, 0.2) is 41.8 Å². The zero-order valence-electron chi connectivity index (χ0n) is 13.0. The van der Waals surface area contributed by atoms with Crippen LogP contribution >= 0.6 is 11.3 Å². The van der Waals surface area contributed by atoms with Gasteiger partial charge in [0, 0.05) is 44.0 Å². The summed E-state index contributed by atoms with van der Waals surface area (Å²) in [4.78, 5) is 18.2. The molecule has 1 aliphatic rings. The molecule has 0 unspecified atom stereocenters. The third kappa shape index (κ3) is 3.76. The molecule has 3 nitrogen and oxygen atoms in total. The first-order chi connectivity index (χ1) is 10.7. The number of hydrogen-bond acceptors (Lipinski definition) is 3. The van der Waals surface area contributed by atoms with Crippen molar-refractivity contribution in [3.8, 4) is 0 Å². The summed E-state index contributed by atoms with van der Waals surface area (Å²) in [5.74, 6) is 0.275. The summed E-state index contributed by atoms with van der Waals surface area (Å²) in [6, 6.07) is 12.6. The van der Waals surface area contributed by atoms with Gasteiger partial charge in [0.1, 0.15) is 0 Å². The smallest absolute Gasteiger partial charge is 0.224 e. The van der Waals surface area contributed by atoms with Crippen molar-refractivity contribution in [2.24, 2.45) is 0 Å². The van der Waals surface area contributed by atoms with E-state index in [0.717, 1.165) is 32.7 Å². The number of thiophene rings is 1. The highest BCUT2D eigenvalue weighted by molar-refractivity contribution is 7.09. The highest BCUT2D eigenvalue weighted by Gasteiger charge is 2.21. The Morgan fingerprint density at radius 3 is 2.68 bits per heavy atom. The number of carbonyl (C=O) groups excluding carboxylic acids is 1. The maximum atomic E-state index is 12.4. The van der Waals surface area contributed by atoms with Crippen molar-refractivity contribution in [3.63, 3.8) is 0 Å². The Balaban J connectivity index is 1.62. The summed E-state index contributed by atoms with van der Waals surface area (Å²) in [6.45, 7) is 6.44. The molecule has 116 valence electrons. The molecule has 0 spiro atoms. The predicted octanol–water partition coefficient (Wildman–Crippen LogP) is 3.29. The van der Waals surface area contributed by atoms with Crippen LogP contribution in [0.5, 0.6) is 0 Å². The molecule has 4 heteroatoms. The summed E-state index contributed by atoms with van der Waals surface area (Å²) in [5, 5.41) is 2.11. The van der Waals surface area contributed by atoms with E-state index >= 15 is 0 Å². The molecule has 1 aromatic carbocycles. The highest BCUT2D eigenvalue weighted by atomic mass is 32.1. The van der Waals surface area contributed by atoms with Gasteiger partial charge >= 0.3 is 0 Å². The number of nitrogens with zero attached hydrogens (tertiary/aromatic N) is 2. The van der Waals surface area contributed by atoms with Gasteiger partial charge in [0.05, 0.1) is 0 Å². The lowest BCUT2D eigenvalue weighted by Gasteiger charge is -2.22. The first-order valence-electron chi connectivity index (χ1n) is 7.79. The van der Waals surface area contributed by atoms with Gasteiger partial charge in [-0.15, -0.1) is 11.3 Å². The molecule has 0 atom stereocenters. The zero-order valence-corrected chi connectivity index (χ0v) is 13.8. The van der Waals surface area contributed by atoms with Crippen LogP contribution in [0.4, 0.5) is 0 Å². The van der Waals surface area contributed by atoms with Gasteiger partial charge in [0.25, 0.3) is 0 Å². The molecule has 22 heavy (non-hydrogen) atoms. The van der Waals surface area contributed by atoms with Crippen molar-refractivity contribution in [2.75, 3.05) is 19.6 Å². The Morgan fingerprint density at radius 1 is 1.05 bits per heavy atom. The molecule has 2 aromatic rings. The lowest BCUT2D eigenvalue weighted by molar-refractivity contribution is -0.130. The van der Waals surface area contributed by atoms with Crippen LogP contribution < -0.4 is 0 Å². The average Bonchev–Trinajstić information content (AvgIpc) is 2.96. The third-order valence-corrected chi connectivity index (χ3v) is 5.12. The Kier molecular flexibility index (Phi) is 4.90. The van der Waals surface area contributed by atoms with Crippen molar-refractivity contribution in [1.29, 1.82) is 0 Å². The molecule has 1 amide bonds. The molecule has 1 fully saturated rings. The van der Waals surface area contributed by atoms with Crippen molar-refractivity contribution in [1.82, 2.24) is 9.80 Å². The molecule has 0 N–H and O–H groups in total. The summed E-state index contributed by atoms with van der Waals surface area (Å²) in [6.07, 6.45) is 0.622. The Labute approximate surface area is 136 Å². The fourth-order valence-electron chi connectivity index (χ4n) is 2.85. The van der Waals surface area contributed by atoms with Gasteiger partial charge in [-0.25, -0.2) is 0 Å². The van der Waals surface area contributed by atoms with E-state index in [-0.39, 0.29) is 5.91 Å². The van der Waals surface area contributed by atoms with E-state index in [1.165, 1.54) is 16.0 Å². The lowest BCUT2D eigenvalue weighted by atomic mass is 10.1. The maximum absolute atomic E-state index is 12.4. The third-order valence-electron chi connectivity index (χ3n) is 4.26. The van der Waals surface area contributed by atoms with Gasteiger partial charge in [-0.05, 0) is 29.5 Å². The van der Waals surface area contributed by atoms with Crippen molar-refractivity contribution in [2.45, 2.75) is 26.4 Å². The van der Waals surface area contributed by atoms with Gasteiger partial charge < -0.3 is 4.90 Å². The molecule has 1 aliphatic heterocycles. The second kappa shape index (κ2) is 7.07. The van der Waals surface area contributed by atoms with Crippen LogP contribution in [-0.4, -0.2) is 35.3 Å². The molecule has 1 saturated heterocycles. The number of hydrogen-bond donors (Lipinski definition) is 0. The molecule has 0 aliphatic carbocycles. The van der Waals surface area contributed by atoms with Gasteiger partial charge in [-0.2, -0.15) is 0 Å². The monoisotopic (exact) mass is 314 g/mol. The second-order valence-corrected chi connectivity index (χ2v) is 6.88. The lowest BCUT2D eigenvalue weighted by Crippen LogP contribution is -2.32. The summed E-state index contributed by atoms with van der Waals surface area (Å²) in [5.41, 5.74) is 2.51. The Bertz CT molecular complexity index is 624. The van der Waals surface area contributed by atoms with Gasteiger partial charge in [0.15, 0.2) is 0 Å². The minimum absolute atomic E-state index is 0.275.